The Balaban J connectivity index is 1.65. The van der Waals surface area contributed by atoms with Crippen molar-refractivity contribution in [3.63, 3.8) is 0 Å². The topological polar surface area (TPSA) is 115 Å². The number of nitrogens with zero attached hydrogens (tertiary/aromatic N) is 3. The standard InChI is InChI=1S/C19H19N5O4S/c1-11-8-9-15(28-3)13(10-11)12(2)20-18(25)17-21-19-23-29(26,27)16-7-5-4-6-14(16)24(19)22-17/h4-10,12H,1-3H3,(H,20,25)(H,21,22,23)/t12-/m0/s1. The van der Waals surface area contributed by atoms with Gasteiger partial charge in [0.25, 0.3) is 15.9 Å². The molecule has 1 amide bonds. The average Bonchev–Trinajstić information content (AvgIpc) is 3.11. The number of anilines is 1. The molecule has 0 spiro atoms. The van der Waals surface area contributed by atoms with Crippen LogP contribution in [0.3, 0.4) is 0 Å². The van der Waals surface area contributed by atoms with Crippen molar-refractivity contribution in [2.45, 2.75) is 24.8 Å². The van der Waals surface area contributed by atoms with Crippen LogP contribution < -0.4 is 14.8 Å². The third-order valence-electron chi connectivity index (χ3n) is 4.62. The Labute approximate surface area is 167 Å². The molecular formula is C19H19N5O4S. The van der Waals surface area contributed by atoms with Crippen LogP contribution in [0.25, 0.3) is 5.69 Å². The van der Waals surface area contributed by atoms with Gasteiger partial charge in [0.15, 0.2) is 0 Å². The zero-order valence-electron chi connectivity index (χ0n) is 16.0. The molecule has 0 unspecified atom stereocenters. The van der Waals surface area contributed by atoms with Crippen LogP contribution in [0.4, 0.5) is 5.95 Å². The summed E-state index contributed by atoms with van der Waals surface area (Å²) in [5.74, 6) is -0.0469. The second kappa shape index (κ2) is 6.89. The van der Waals surface area contributed by atoms with Gasteiger partial charge >= 0.3 is 0 Å². The van der Waals surface area contributed by atoms with E-state index in [9.17, 15) is 13.2 Å². The van der Waals surface area contributed by atoms with E-state index in [-0.39, 0.29) is 22.7 Å². The van der Waals surface area contributed by atoms with Crippen molar-refractivity contribution in [3.05, 3.63) is 59.4 Å². The van der Waals surface area contributed by atoms with E-state index < -0.39 is 15.9 Å². The highest BCUT2D eigenvalue weighted by Gasteiger charge is 2.31. The molecule has 0 bridgehead atoms. The molecule has 9 nitrogen and oxygen atoms in total. The van der Waals surface area contributed by atoms with Gasteiger partial charge in [-0.1, -0.05) is 29.8 Å². The number of sulfonamides is 1. The highest BCUT2D eigenvalue weighted by Crippen LogP contribution is 2.29. The van der Waals surface area contributed by atoms with Crippen molar-refractivity contribution in [1.29, 1.82) is 0 Å². The number of nitrogens with one attached hydrogen (secondary N) is 2. The lowest BCUT2D eigenvalue weighted by molar-refractivity contribution is 0.0929. The quantitative estimate of drug-likeness (QED) is 0.677. The van der Waals surface area contributed by atoms with Gasteiger partial charge in [-0.2, -0.15) is 9.67 Å². The van der Waals surface area contributed by atoms with Crippen molar-refractivity contribution in [2.75, 3.05) is 11.8 Å². The van der Waals surface area contributed by atoms with Crippen LogP contribution in [0.1, 0.15) is 34.7 Å². The Hall–Kier alpha value is -3.40. The van der Waals surface area contributed by atoms with Crippen LogP contribution in [-0.2, 0) is 10.0 Å². The number of carbonyl (C=O) groups excluding carboxylic acids is 1. The molecular weight excluding hydrogens is 394 g/mol. The molecule has 0 aliphatic carbocycles. The molecule has 2 aromatic carbocycles. The Morgan fingerprint density at radius 2 is 2.00 bits per heavy atom. The SMILES string of the molecule is COc1ccc(C)cc1[C@H](C)NC(=O)c1nc2n(n1)-c1ccccc1S(=O)(=O)N2. The van der Waals surface area contributed by atoms with Gasteiger partial charge in [0.1, 0.15) is 10.6 Å². The Morgan fingerprint density at radius 3 is 2.76 bits per heavy atom. The smallest absolute Gasteiger partial charge is 0.291 e. The number of hydrogen-bond acceptors (Lipinski definition) is 6. The molecule has 1 atom stereocenters. The largest absolute Gasteiger partial charge is 0.496 e. The van der Waals surface area contributed by atoms with Crippen LogP contribution in [0.5, 0.6) is 5.75 Å². The fourth-order valence-corrected chi connectivity index (χ4v) is 4.38. The van der Waals surface area contributed by atoms with Gasteiger partial charge in [0.2, 0.25) is 11.8 Å². The molecule has 0 saturated carbocycles. The van der Waals surface area contributed by atoms with E-state index in [0.29, 0.717) is 11.4 Å². The van der Waals surface area contributed by atoms with E-state index in [1.807, 2.05) is 32.0 Å². The fraction of sp³-hybridized carbons (Fsp3) is 0.211. The lowest BCUT2D eigenvalue weighted by Crippen LogP contribution is -2.28. The Morgan fingerprint density at radius 1 is 1.24 bits per heavy atom. The molecule has 150 valence electrons. The van der Waals surface area contributed by atoms with E-state index in [1.165, 1.54) is 10.7 Å². The van der Waals surface area contributed by atoms with E-state index in [0.717, 1.165) is 11.1 Å². The van der Waals surface area contributed by atoms with Gasteiger partial charge in [-0.05, 0) is 32.0 Å². The second-order valence-corrected chi connectivity index (χ2v) is 8.34. The summed E-state index contributed by atoms with van der Waals surface area (Å²) in [5, 5.41) is 7.03. The van der Waals surface area contributed by atoms with Gasteiger partial charge < -0.3 is 10.1 Å². The maximum Gasteiger partial charge on any atom is 0.291 e. The molecule has 2 N–H and O–H groups in total. The number of amides is 1. The highest BCUT2D eigenvalue weighted by atomic mass is 32.2. The lowest BCUT2D eigenvalue weighted by Gasteiger charge is -2.17. The van der Waals surface area contributed by atoms with Gasteiger partial charge in [-0.15, -0.1) is 5.10 Å². The van der Waals surface area contributed by atoms with E-state index in [1.54, 1.807) is 25.3 Å². The highest BCUT2D eigenvalue weighted by molar-refractivity contribution is 7.92. The number of methoxy groups -OCH3 is 1. The monoisotopic (exact) mass is 413 g/mol. The summed E-state index contributed by atoms with van der Waals surface area (Å²) < 4.78 is 33.8. The summed E-state index contributed by atoms with van der Waals surface area (Å²) >= 11 is 0. The number of aryl methyl sites for hydroxylation is 1. The molecule has 0 radical (unpaired) electrons. The van der Waals surface area contributed by atoms with Crippen molar-refractivity contribution >= 4 is 21.9 Å². The van der Waals surface area contributed by atoms with Crippen molar-refractivity contribution < 1.29 is 17.9 Å². The van der Waals surface area contributed by atoms with Crippen molar-refractivity contribution in [1.82, 2.24) is 20.1 Å². The number of rotatable bonds is 4. The minimum Gasteiger partial charge on any atom is -0.496 e. The van der Waals surface area contributed by atoms with Crippen LogP contribution in [0.2, 0.25) is 0 Å². The molecule has 1 aromatic heterocycles. The number of fused-ring (bicyclic) bond motifs is 3. The van der Waals surface area contributed by atoms with Crippen LogP contribution in [0.15, 0.2) is 47.4 Å². The summed E-state index contributed by atoms with van der Waals surface area (Å²) in [7, 11) is -2.20. The number of benzene rings is 2. The number of ether oxygens (including phenoxy) is 1. The minimum atomic E-state index is -3.77. The van der Waals surface area contributed by atoms with Gasteiger partial charge in [-0.3, -0.25) is 4.79 Å². The van der Waals surface area contributed by atoms with Gasteiger partial charge in [-0.25, -0.2) is 13.1 Å². The molecule has 0 fully saturated rings. The first-order valence-electron chi connectivity index (χ1n) is 8.85. The fourth-order valence-electron chi connectivity index (χ4n) is 3.21. The number of para-hydroxylation sites is 1. The van der Waals surface area contributed by atoms with Crippen molar-refractivity contribution in [3.8, 4) is 11.4 Å². The molecule has 1 aliphatic heterocycles. The van der Waals surface area contributed by atoms with Crippen LogP contribution >= 0.6 is 0 Å². The summed E-state index contributed by atoms with van der Waals surface area (Å²) in [5.41, 5.74) is 2.18. The first-order chi connectivity index (χ1) is 13.8. The maximum atomic E-state index is 12.7. The summed E-state index contributed by atoms with van der Waals surface area (Å²) in [6.07, 6.45) is 0. The number of carbonyl (C=O) groups is 1. The average molecular weight is 413 g/mol. The molecule has 0 saturated heterocycles. The Kier molecular flexibility index (Phi) is 4.50. The van der Waals surface area contributed by atoms with E-state index in [2.05, 4.69) is 20.1 Å². The first kappa shape index (κ1) is 18.9. The summed E-state index contributed by atoms with van der Waals surface area (Å²) in [4.78, 5) is 16.9. The molecule has 1 aliphatic rings. The third-order valence-corrected chi connectivity index (χ3v) is 5.99. The first-order valence-corrected chi connectivity index (χ1v) is 10.3. The molecule has 3 aromatic rings. The third kappa shape index (κ3) is 3.31. The minimum absolute atomic E-state index is 0.0327. The summed E-state index contributed by atoms with van der Waals surface area (Å²) in [6, 6.07) is 11.7. The Bertz CT molecular complexity index is 1220. The summed E-state index contributed by atoms with van der Waals surface area (Å²) in [6.45, 7) is 3.77. The normalized spacial score (nSPS) is 14.9. The van der Waals surface area contributed by atoms with E-state index >= 15 is 0 Å². The number of hydrogen-bond donors (Lipinski definition) is 2. The zero-order valence-corrected chi connectivity index (χ0v) is 16.8. The van der Waals surface area contributed by atoms with Crippen LogP contribution in [0, 0.1) is 6.92 Å². The lowest BCUT2D eigenvalue weighted by atomic mass is 10.0. The number of aromatic nitrogens is 3. The zero-order chi connectivity index (χ0) is 20.8. The van der Waals surface area contributed by atoms with Gasteiger partial charge in [0, 0.05) is 5.56 Å². The second-order valence-electron chi connectivity index (χ2n) is 6.68. The maximum absolute atomic E-state index is 12.7. The predicted molar refractivity (Wildman–Crippen MR) is 106 cm³/mol. The predicted octanol–water partition coefficient (Wildman–Crippen LogP) is 2.19. The molecule has 10 heteroatoms. The van der Waals surface area contributed by atoms with Crippen molar-refractivity contribution in [2.24, 2.45) is 0 Å². The van der Waals surface area contributed by atoms with E-state index in [4.69, 9.17) is 4.74 Å². The molecule has 4 rings (SSSR count). The van der Waals surface area contributed by atoms with Gasteiger partial charge in [0.05, 0.1) is 18.8 Å². The molecule has 2 heterocycles. The van der Waals surface area contributed by atoms with Crippen LogP contribution in [-0.4, -0.2) is 36.2 Å². The molecule has 29 heavy (non-hydrogen) atoms.